The van der Waals surface area contributed by atoms with Crippen molar-refractivity contribution in [1.82, 2.24) is 0 Å². The van der Waals surface area contributed by atoms with Crippen molar-refractivity contribution in [2.75, 3.05) is 0 Å². The summed E-state index contributed by atoms with van der Waals surface area (Å²) in [5, 5.41) is 21.0. The Bertz CT molecular complexity index is 752. The maximum atomic E-state index is 9.03. The molecule has 0 aliphatic heterocycles. The normalized spacial score (nSPS) is 11.8. The van der Waals surface area contributed by atoms with Crippen LogP contribution in [0.3, 0.4) is 0 Å². The Morgan fingerprint density at radius 3 is 2.57 bits per heavy atom. The van der Waals surface area contributed by atoms with Crippen LogP contribution in [0.1, 0.15) is 37.5 Å². The van der Waals surface area contributed by atoms with Crippen LogP contribution in [0.2, 0.25) is 0 Å². The highest BCUT2D eigenvalue weighted by atomic mass is 16.5. The summed E-state index contributed by atoms with van der Waals surface area (Å²) in [6, 6.07) is 17.1. The zero-order valence-electron chi connectivity index (χ0n) is 13.6. The van der Waals surface area contributed by atoms with Gasteiger partial charge in [0.1, 0.15) is 18.4 Å². The Balaban J connectivity index is 2.21. The van der Waals surface area contributed by atoms with E-state index in [-0.39, 0.29) is 11.1 Å². The number of benzene rings is 2. The first kappa shape index (κ1) is 16.6. The molecule has 0 aliphatic rings. The van der Waals surface area contributed by atoms with Gasteiger partial charge in [0, 0.05) is 5.56 Å². The van der Waals surface area contributed by atoms with Gasteiger partial charge >= 0.3 is 0 Å². The van der Waals surface area contributed by atoms with Crippen molar-refractivity contribution < 1.29 is 9.94 Å². The highest BCUT2D eigenvalue weighted by molar-refractivity contribution is 6.12. The van der Waals surface area contributed by atoms with E-state index in [2.05, 4.69) is 32.0 Å². The van der Waals surface area contributed by atoms with E-state index in [9.17, 15) is 0 Å². The van der Waals surface area contributed by atoms with Gasteiger partial charge in [0.25, 0.3) is 0 Å². The Hall–Kier alpha value is -2.80. The standard InChI is InChI=1S/C19H20N2O2/c1-19(2,3)15-8-6-9-16(11-15)23-13-14-7-4-5-10-17(14)18(12-20)21-22/h4-11,22H,13H2,1-3H3. The number of nitriles is 1. The molecule has 2 aromatic carbocycles. The number of hydrogen-bond donors (Lipinski definition) is 1. The predicted octanol–water partition coefficient (Wildman–Crippen LogP) is 4.26. The van der Waals surface area contributed by atoms with Crippen molar-refractivity contribution in [2.24, 2.45) is 5.16 Å². The van der Waals surface area contributed by atoms with Crippen molar-refractivity contribution in [2.45, 2.75) is 32.8 Å². The van der Waals surface area contributed by atoms with Crippen molar-refractivity contribution in [3.63, 3.8) is 0 Å². The minimum atomic E-state index is -0.0207. The summed E-state index contributed by atoms with van der Waals surface area (Å²) in [5.41, 5.74) is 2.59. The Labute approximate surface area is 136 Å². The fourth-order valence-electron chi connectivity index (χ4n) is 2.23. The van der Waals surface area contributed by atoms with Gasteiger partial charge in [-0.25, -0.2) is 0 Å². The number of nitrogens with zero attached hydrogens (tertiary/aromatic N) is 2. The highest BCUT2D eigenvalue weighted by Gasteiger charge is 2.14. The summed E-state index contributed by atoms with van der Waals surface area (Å²) in [7, 11) is 0. The Morgan fingerprint density at radius 1 is 1.17 bits per heavy atom. The van der Waals surface area contributed by atoms with Gasteiger partial charge in [-0.05, 0) is 28.7 Å². The SMILES string of the molecule is CC(C)(C)c1cccc(OCc2ccccc2C(C#N)=NO)c1. The molecule has 0 amide bonds. The third kappa shape index (κ3) is 4.10. The molecule has 0 unspecified atom stereocenters. The molecule has 0 aliphatic carbocycles. The average Bonchev–Trinajstić information content (AvgIpc) is 2.54. The molecule has 0 spiro atoms. The smallest absolute Gasteiger partial charge is 0.187 e. The second kappa shape index (κ2) is 6.97. The molecular formula is C19H20N2O2. The zero-order valence-corrected chi connectivity index (χ0v) is 13.6. The first-order chi connectivity index (χ1) is 11.0. The molecule has 2 aromatic rings. The van der Waals surface area contributed by atoms with Gasteiger partial charge in [-0.1, -0.05) is 62.3 Å². The van der Waals surface area contributed by atoms with Crippen LogP contribution in [0, 0.1) is 11.3 Å². The van der Waals surface area contributed by atoms with Crippen LogP contribution in [0.4, 0.5) is 0 Å². The van der Waals surface area contributed by atoms with Gasteiger partial charge in [0.2, 0.25) is 0 Å². The third-order valence-corrected chi connectivity index (χ3v) is 3.57. The zero-order chi connectivity index (χ0) is 16.9. The molecule has 23 heavy (non-hydrogen) atoms. The Kier molecular flexibility index (Phi) is 5.02. The molecule has 0 saturated heterocycles. The lowest BCUT2D eigenvalue weighted by molar-refractivity contribution is 0.304. The molecule has 0 fully saturated rings. The average molecular weight is 308 g/mol. The van der Waals surface area contributed by atoms with Crippen LogP contribution in [0.5, 0.6) is 5.75 Å². The minimum Gasteiger partial charge on any atom is -0.489 e. The first-order valence-corrected chi connectivity index (χ1v) is 7.39. The van der Waals surface area contributed by atoms with Crippen LogP contribution >= 0.6 is 0 Å². The molecule has 118 valence electrons. The minimum absolute atomic E-state index is 0.0207. The Morgan fingerprint density at radius 2 is 1.91 bits per heavy atom. The molecule has 0 aromatic heterocycles. The largest absolute Gasteiger partial charge is 0.489 e. The highest BCUT2D eigenvalue weighted by Crippen LogP contribution is 2.26. The van der Waals surface area contributed by atoms with Crippen LogP contribution in [0.15, 0.2) is 53.7 Å². The van der Waals surface area contributed by atoms with E-state index in [1.807, 2.05) is 36.4 Å². The van der Waals surface area contributed by atoms with Crippen molar-refractivity contribution >= 4 is 5.71 Å². The molecule has 0 saturated carbocycles. The summed E-state index contributed by atoms with van der Waals surface area (Å²) >= 11 is 0. The fraction of sp³-hybridized carbons (Fsp3) is 0.263. The lowest BCUT2D eigenvalue weighted by Gasteiger charge is -2.20. The fourth-order valence-corrected chi connectivity index (χ4v) is 2.23. The summed E-state index contributed by atoms with van der Waals surface area (Å²) in [4.78, 5) is 0. The molecular weight excluding hydrogens is 288 g/mol. The van der Waals surface area contributed by atoms with Crippen molar-refractivity contribution in [1.29, 1.82) is 5.26 Å². The van der Waals surface area contributed by atoms with Crippen molar-refractivity contribution in [3.8, 4) is 11.8 Å². The summed E-state index contributed by atoms with van der Waals surface area (Å²) in [6.07, 6.45) is 0. The summed E-state index contributed by atoms with van der Waals surface area (Å²) in [6.45, 7) is 6.75. The van der Waals surface area contributed by atoms with E-state index in [1.165, 1.54) is 5.56 Å². The monoisotopic (exact) mass is 308 g/mol. The van der Waals surface area contributed by atoms with Crippen LogP contribution in [-0.4, -0.2) is 10.9 Å². The van der Waals surface area contributed by atoms with Gasteiger partial charge in [0.15, 0.2) is 5.71 Å². The maximum absolute atomic E-state index is 9.03. The molecule has 4 heteroatoms. The second-order valence-corrected chi connectivity index (χ2v) is 6.28. The summed E-state index contributed by atoms with van der Waals surface area (Å²) in [5.74, 6) is 0.770. The van der Waals surface area contributed by atoms with Crippen LogP contribution in [-0.2, 0) is 12.0 Å². The summed E-state index contributed by atoms with van der Waals surface area (Å²) < 4.78 is 5.86. The van der Waals surface area contributed by atoms with Gasteiger partial charge < -0.3 is 9.94 Å². The van der Waals surface area contributed by atoms with Gasteiger partial charge in [0.05, 0.1) is 0 Å². The molecule has 2 rings (SSSR count). The molecule has 0 radical (unpaired) electrons. The van der Waals surface area contributed by atoms with Gasteiger partial charge in [-0.2, -0.15) is 5.26 Å². The number of ether oxygens (including phenoxy) is 1. The first-order valence-electron chi connectivity index (χ1n) is 7.39. The molecule has 1 N–H and O–H groups in total. The third-order valence-electron chi connectivity index (χ3n) is 3.57. The number of rotatable bonds is 4. The molecule has 0 bridgehead atoms. The topological polar surface area (TPSA) is 65.6 Å². The quantitative estimate of drug-likeness (QED) is 0.521. The van der Waals surface area contributed by atoms with Crippen molar-refractivity contribution in [3.05, 3.63) is 65.2 Å². The second-order valence-electron chi connectivity index (χ2n) is 6.28. The maximum Gasteiger partial charge on any atom is 0.187 e. The van der Waals surface area contributed by atoms with E-state index in [4.69, 9.17) is 15.2 Å². The lowest BCUT2D eigenvalue weighted by Crippen LogP contribution is -2.11. The number of oxime groups is 1. The van der Waals surface area contributed by atoms with E-state index in [1.54, 1.807) is 12.1 Å². The van der Waals surface area contributed by atoms with E-state index in [0.29, 0.717) is 12.2 Å². The van der Waals surface area contributed by atoms with Gasteiger partial charge in [-0.3, -0.25) is 0 Å². The van der Waals surface area contributed by atoms with Crippen LogP contribution in [0.25, 0.3) is 0 Å². The van der Waals surface area contributed by atoms with E-state index < -0.39 is 0 Å². The molecule has 4 nitrogen and oxygen atoms in total. The van der Waals surface area contributed by atoms with E-state index >= 15 is 0 Å². The predicted molar refractivity (Wildman–Crippen MR) is 89.9 cm³/mol. The van der Waals surface area contributed by atoms with Crippen LogP contribution < -0.4 is 4.74 Å². The van der Waals surface area contributed by atoms with E-state index in [0.717, 1.165) is 11.3 Å². The molecule has 0 heterocycles. The van der Waals surface area contributed by atoms with Gasteiger partial charge in [-0.15, -0.1) is 0 Å². The molecule has 0 atom stereocenters. The lowest BCUT2D eigenvalue weighted by atomic mass is 9.87. The number of hydrogen-bond acceptors (Lipinski definition) is 4.